The average molecular weight is 477 g/mol. The Bertz CT molecular complexity index is 1060. The van der Waals surface area contributed by atoms with Crippen molar-refractivity contribution in [3.63, 3.8) is 0 Å². The number of nitrogens with zero attached hydrogens (tertiary/aromatic N) is 3. The van der Waals surface area contributed by atoms with Gasteiger partial charge in [-0.3, -0.25) is 0 Å². The van der Waals surface area contributed by atoms with Gasteiger partial charge in [0.25, 0.3) is 0 Å². The minimum absolute atomic E-state index is 0.126. The van der Waals surface area contributed by atoms with Crippen LogP contribution in [0.1, 0.15) is 12.0 Å². The maximum Gasteiger partial charge on any atom is 0.317 e. The largest absolute Gasteiger partial charge is 0.371 e. The number of aryl methyl sites for hydroxylation is 1. The van der Waals surface area contributed by atoms with Gasteiger partial charge in [0.2, 0.25) is 10.0 Å². The Kier molecular flexibility index (Phi) is 6.93. The molecule has 2 aromatic rings. The van der Waals surface area contributed by atoms with Crippen molar-refractivity contribution < 1.29 is 13.2 Å². The molecular weight excluding hydrogens is 448 g/mol. The van der Waals surface area contributed by atoms with Crippen molar-refractivity contribution in [3.05, 3.63) is 59.1 Å². The molecule has 7 nitrogen and oxygen atoms in total. The Morgan fingerprint density at radius 3 is 2.50 bits per heavy atom. The van der Waals surface area contributed by atoms with E-state index in [0.717, 1.165) is 30.2 Å². The molecule has 0 radical (unpaired) electrons. The summed E-state index contributed by atoms with van der Waals surface area (Å²) in [6.45, 7) is 5.89. The van der Waals surface area contributed by atoms with Crippen LogP contribution >= 0.6 is 11.6 Å². The first-order valence-electron chi connectivity index (χ1n) is 10.9. The molecule has 0 saturated carbocycles. The topological polar surface area (TPSA) is 73.0 Å². The molecule has 2 aliphatic rings. The summed E-state index contributed by atoms with van der Waals surface area (Å²) >= 11 is 6.16. The van der Waals surface area contributed by atoms with E-state index in [2.05, 4.69) is 17.1 Å². The normalized spacial score (nSPS) is 19.9. The Balaban J connectivity index is 1.25. The first-order chi connectivity index (χ1) is 15.3. The molecule has 9 heteroatoms. The third-order valence-corrected chi connectivity index (χ3v) is 8.39. The van der Waals surface area contributed by atoms with Crippen LogP contribution < -0.4 is 10.2 Å². The van der Waals surface area contributed by atoms with Crippen LogP contribution in [-0.2, 0) is 10.0 Å². The first-order valence-corrected chi connectivity index (χ1v) is 12.8. The maximum atomic E-state index is 12.8. The second-order valence-corrected chi connectivity index (χ2v) is 10.8. The van der Waals surface area contributed by atoms with Gasteiger partial charge in [-0.25, -0.2) is 13.2 Å². The highest BCUT2D eigenvalue weighted by Crippen LogP contribution is 2.29. The number of halogens is 1. The molecule has 2 saturated heterocycles. The van der Waals surface area contributed by atoms with Gasteiger partial charge in [-0.1, -0.05) is 35.9 Å². The SMILES string of the molecule is Cc1ccc(Cl)cc1N1CCC(CNC(=O)N2CCN(S(=O)(=O)c3ccccc3)CC2)C1. The molecule has 1 N–H and O–H groups in total. The van der Waals surface area contributed by atoms with Crippen LogP contribution in [0.4, 0.5) is 10.5 Å². The smallest absolute Gasteiger partial charge is 0.317 e. The Morgan fingerprint density at radius 2 is 1.78 bits per heavy atom. The van der Waals surface area contributed by atoms with Crippen LogP contribution in [0.3, 0.4) is 0 Å². The summed E-state index contributed by atoms with van der Waals surface area (Å²) in [7, 11) is -3.52. The molecule has 0 spiro atoms. The number of nitrogens with one attached hydrogen (secondary N) is 1. The number of hydrogen-bond donors (Lipinski definition) is 1. The van der Waals surface area contributed by atoms with Crippen LogP contribution in [0, 0.1) is 12.8 Å². The van der Waals surface area contributed by atoms with E-state index in [1.807, 2.05) is 18.2 Å². The van der Waals surface area contributed by atoms with Crippen LogP contribution in [0.25, 0.3) is 0 Å². The van der Waals surface area contributed by atoms with Crippen LogP contribution in [0.5, 0.6) is 0 Å². The summed E-state index contributed by atoms with van der Waals surface area (Å²) in [5.41, 5.74) is 2.35. The van der Waals surface area contributed by atoms with Crippen molar-refractivity contribution in [1.82, 2.24) is 14.5 Å². The van der Waals surface area contributed by atoms with E-state index in [-0.39, 0.29) is 6.03 Å². The standard InChI is InChI=1S/C23H29ClN4O3S/c1-18-7-8-20(24)15-22(18)27-10-9-19(17-27)16-25-23(29)26-11-13-28(14-12-26)32(30,31)21-5-3-2-4-6-21/h2-8,15,19H,9-14,16-17H2,1H3,(H,25,29). The molecule has 2 fully saturated rings. The molecule has 0 aliphatic carbocycles. The van der Waals surface area contributed by atoms with Crippen molar-refractivity contribution in [2.45, 2.75) is 18.2 Å². The van der Waals surface area contributed by atoms with Crippen LogP contribution in [-0.4, -0.2) is 69.5 Å². The molecule has 172 valence electrons. The minimum Gasteiger partial charge on any atom is -0.371 e. The molecule has 2 amide bonds. The van der Waals surface area contributed by atoms with Gasteiger partial charge in [-0.2, -0.15) is 4.31 Å². The monoisotopic (exact) mass is 476 g/mol. The summed E-state index contributed by atoms with van der Waals surface area (Å²) in [4.78, 5) is 17.0. The van der Waals surface area contributed by atoms with E-state index in [1.165, 1.54) is 9.87 Å². The fraction of sp³-hybridized carbons (Fsp3) is 0.435. The maximum absolute atomic E-state index is 12.8. The van der Waals surface area contributed by atoms with Crippen molar-refractivity contribution in [2.75, 3.05) is 50.7 Å². The van der Waals surface area contributed by atoms with E-state index in [0.29, 0.717) is 43.5 Å². The lowest BCUT2D eigenvalue weighted by Gasteiger charge is -2.34. The van der Waals surface area contributed by atoms with Crippen LogP contribution in [0.2, 0.25) is 5.02 Å². The highest BCUT2D eigenvalue weighted by atomic mass is 35.5. The minimum atomic E-state index is -3.52. The summed E-state index contributed by atoms with van der Waals surface area (Å²) in [5.74, 6) is 0.372. The lowest BCUT2D eigenvalue weighted by atomic mass is 10.1. The quantitative estimate of drug-likeness (QED) is 0.719. The summed E-state index contributed by atoms with van der Waals surface area (Å²) < 4.78 is 27.0. The van der Waals surface area contributed by atoms with Crippen molar-refractivity contribution in [3.8, 4) is 0 Å². The number of piperazine rings is 1. The van der Waals surface area contributed by atoms with E-state index in [1.54, 1.807) is 35.2 Å². The van der Waals surface area contributed by atoms with E-state index < -0.39 is 10.0 Å². The highest BCUT2D eigenvalue weighted by molar-refractivity contribution is 7.89. The molecule has 0 bridgehead atoms. The fourth-order valence-corrected chi connectivity index (χ4v) is 5.97. The van der Waals surface area contributed by atoms with Crippen molar-refractivity contribution in [2.24, 2.45) is 5.92 Å². The first kappa shape index (κ1) is 22.9. The third kappa shape index (κ3) is 5.03. The zero-order valence-electron chi connectivity index (χ0n) is 18.2. The molecule has 4 rings (SSSR count). The van der Waals surface area contributed by atoms with Crippen molar-refractivity contribution >= 4 is 33.3 Å². The van der Waals surface area contributed by atoms with Gasteiger partial charge in [0, 0.05) is 56.5 Å². The number of anilines is 1. The number of urea groups is 1. The van der Waals surface area contributed by atoms with E-state index in [9.17, 15) is 13.2 Å². The van der Waals surface area contributed by atoms with Gasteiger partial charge >= 0.3 is 6.03 Å². The molecule has 1 atom stereocenters. The van der Waals surface area contributed by atoms with Gasteiger partial charge in [-0.05, 0) is 49.1 Å². The van der Waals surface area contributed by atoms with Crippen LogP contribution in [0.15, 0.2) is 53.4 Å². The highest BCUT2D eigenvalue weighted by Gasteiger charge is 2.30. The molecule has 1 unspecified atom stereocenters. The number of amides is 2. The number of sulfonamides is 1. The predicted octanol–water partition coefficient (Wildman–Crippen LogP) is 3.19. The molecule has 32 heavy (non-hydrogen) atoms. The number of hydrogen-bond acceptors (Lipinski definition) is 4. The lowest BCUT2D eigenvalue weighted by Crippen LogP contribution is -2.53. The predicted molar refractivity (Wildman–Crippen MR) is 127 cm³/mol. The number of rotatable bonds is 5. The number of carbonyl (C=O) groups excluding carboxylic acids is 1. The molecule has 0 aromatic heterocycles. The molecule has 2 heterocycles. The average Bonchev–Trinajstić information content (AvgIpc) is 3.28. The van der Waals surface area contributed by atoms with Gasteiger partial charge in [0.15, 0.2) is 0 Å². The van der Waals surface area contributed by atoms with Gasteiger partial charge in [0.05, 0.1) is 4.90 Å². The lowest BCUT2D eigenvalue weighted by molar-refractivity contribution is 0.171. The molecule has 2 aliphatic heterocycles. The van der Waals surface area contributed by atoms with Crippen molar-refractivity contribution in [1.29, 1.82) is 0 Å². The fourth-order valence-electron chi connectivity index (χ4n) is 4.36. The summed E-state index contributed by atoms with van der Waals surface area (Å²) in [6, 6.07) is 14.2. The summed E-state index contributed by atoms with van der Waals surface area (Å²) in [5, 5.41) is 3.78. The second kappa shape index (κ2) is 9.68. The van der Waals surface area contributed by atoms with Gasteiger partial charge in [0.1, 0.15) is 0 Å². The zero-order chi connectivity index (χ0) is 22.7. The molecule has 2 aromatic carbocycles. The summed E-state index contributed by atoms with van der Waals surface area (Å²) in [6.07, 6.45) is 1.01. The Morgan fingerprint density at radius 1 is 1.06 bits per heavy atom. The second-order valence-electron chi connectivity index (χ2n) is 8.42. The Labute approximate surface area is 195 Å². The third-order valence-electron chi connectivity index (χ3n) is 6.25. The van der Waals surface area contributed by atoms with Gasteiger partial charge in [-0.15, -0.1) is 0 Å². The van der Waals surface area contributed by atoms with E-state index in [4.69, 9.17) is 11.6 Å². The molecular formula is C23H29ClN4O3S. The van der Waals surface area contributed by atoms with Gasteiger partial charge < -0.3 is 15.1 Å². The van der Waals surface area contributed by atoms with E-state index >= 15 is 0 Å². The Hall–Kier alpha value is -2.29. The zero-order valence-corrected chi connectivity index (χ0v) is 19.8. The number of benzene rings is 2. The number of carbonyl (C=O) groups is 1.